The fourth-order valence-electron chi connectivity index (χ4n) is 1.18. The highest BCUT2D eigenvalue weighted by Crippen LogP contribution is 2.09. The SMILES string of the molecule is C=CCNCC(=O)Nc1cnn(C(C)C)c1. The van der Waals surface area contributed by atoms with Gasteiger partial charge in [-0.2, -0.15) is 5.10 Å². The van der Waals surface area contributed by atoms with E-state index < -0.39 is 0 Å². The van der Waals surface area contributed by atoms with Crippen molar-refractivity contribution in [3.05, 3.63) is 25.0 Å². The Labute approximate surface area is 95.5 Å². The molecule has 16 heavy (non-hydrogen) atoms. The molecule has 0 atom stereocenters. The van der Waals surface area contributed by atoms with Gasteiger partial charge in [0.2, 0.25) is 5.91 Å². The van der Waals surface area contributed by atoms with Gasteiger partial charge in [-0.25, -0.2) is 0 Å². The Morgan fingerprint density at radius 3 is 3.00 bits per heavy atom. The average Bonchev–Trinajstić information content (AvgIpc) is 2.66. The van der Waals surface area contributed by atoms with Gasteiger partial charge < -0.3 is 10.6 Å². The zero-order chi connectivity index (χ0) is 12.0. The van der Waals surface area contributed by atoms with E-state index in [4.69, 9.17) is 0 Å². The molecule has 0 saturated heterocycles. The first-order valence-corrected chi connectivity index (χ1v) is 5.29. The Bertz CT molecular complexity index is 357. The zero-order valence-electron chi connectivity index (χ0n) is 9.73. The van der Waals surface area contributed by atoms with Crippen molar-refractivity contribution in [2.24, 2.45) is 0 Å². The lowest BCUT2D eigenvalue weighted by molar-refractivity contribution is -0.115. The van der Waals surface area contributed by atoms with Crippen molar-refractivity contribution in [3.8, 4) is 0 Å². The van der Waals surface area contributed by atoms with E-state index in [-0.39, 0.29) is 12.5 Å². The van der Waals surface area contributed by atoms with Crippen LogP contribution in [0, 0.1) is 0 Å². The van der Waals surface area contributed by atoms with E-state index in [0.717, 1.165) is 5.69 Å². The van der Waals surface area contributed by atoms with Gasteiger partial charge in [0, 0.05) is 18.8 Å². The van der Waals surface area contributed by atoms with Crippen molar-refractivity contribution >= 4 is 11.6 Å². The van der Waals surface area contributed by atoms with Gasteiger partial charge in [-0.3, -0.25) is 9.48 Å². The first-order valence-electron chi connectivity index (χ1n) is 5.29. The molecule has 1 aromatic heterocycles. The summed E-state index contributed by atoms with van der Waals surface area (Å²) in [4.78, 5) is 11.4. The average molecular weight is 222 g/mol. The number of rotatable bonds is 6. The molecule has 1 rings (SSSR count). The molecule has 0 aromatic carbocycles. The van der Waals surface area contributed by atoms with Crippen molar-refractivity contribution in [1.82, 2.24) is 15.1 Å². The fraction of sp³-hybridized carbons (Fsp3) is 0.455. The fourth-order valence-corrected chi connectivity index (χ4v) is 1.18. The van der Waals surface area contributed by atoms with Gasteiger partial charge in [0.05, 0.1) is 18.4 Å². The Balaban J connectivity index is 2.40. The molecule has 5 nitrogen and oxygen atoms in total. The predicted octanol–water partition coefficient (Wildman–Crippen LogP) is 1.18. The number of anilines is 1. The first kappa shape index (κ1) is 12.4. The number of carbonyl (C=O) groups excluding carboxylic acids is 1. The van der Waals surface area contributed by atoms with Gasteiger partial charge in [0.1, 0.15) is 0 Å². The van der Waals surface area contributed by atoms with Gasteiger partial charge in [-0.1, -0.05) is 6.08 Å². The maximum Gasteiger partial charge on any atom is 0.238 e. The molecule has 1 aromatic rings. The van der Waals surface area contributed by atoms with Crippen LogP contribution in [0.1, 0.15) is 19.9 Å². The van der Waals surface area contributed by atoms with Gasteiger partial charge in [-0.15, -0.1) is 6.58 Å². The number of amides is 1. The number of hydrogen-bond donors (Lipinski definition) is 2. The summed E-state index contributed by atoms with van der Waals surface area (Å²) in [6, 6.07) is 0.296. The van der Waals surface area contributed by atoms with E-state index >= 15 is 0 Å². The van der Waals surface area contributed by atoms with Crippen molar-refractivity contribution in [1.29, 1.82) is 0 Å². The molecule has 0 bridgehead atoms. The molecule has 1 amide bonds. The van der Waals surface area contributed by atoms with Gasteiger partial charge in [0.25, 0.3) is 0 Å². The molecule has 5 heteroatoms. The molecule has 0 unspecified atom stereocenters. The van der Waals surface area contributed by atoms with Crippen LogP contribution < -0.4 is 10.6 Å². The maximum absolute atomic E-state index is 11.4. The largest absolute Gasteiger partial charge is 0.322 e. The second-order valence-electron chi connectivity index (χ2n) is 3.77. The number of nitrogens with one attached hydrogen (secondary N) is 2. The molecule has 88 valence electrons. The Morgan fingerprint density at radius 2 is 2.44 bits per heavy atom. The smallest absolute Gasteiger partial charge is 0.238 e. The molecule has 0 spiro atoms. The lowest BCUT2D eigenvalue weighted by atomic mass is 10.4. The molecule has 0 aliphatic heterocycles. The van der Waals surface area contributed by atoms with Crippen LogP contribution in [0.4, 0.5) is 5.69 Å². The van der Waals surface area contributed by atoms with Crippen molar-refractivity contribution in [2.75, 3.05) is 18.4 Å². The number of carbonyl (C=O) groups is 1. The summed E-state index contributed by atoms with van der Waals surface area (Å²) < 4.78 is 1.80. The topological polar surface area (TPSA) is 59.0 Å². The van der Waals surface area contributed by atoms with Crippen LogP contribution in [0.5, 0.6) is 0 Å². The first-order chi connectivity index (χ1) is 7.63. The summed E-state index contributed by atoms with van der Waals surface area (Å²) in [6.45, 7) is 8.52. The summed E-state index contributed by atoms with van der Waals surface area (Å²) in [5.41, 5.74) is 0.721. The summed E-state index contributed by atoms with van der Waals surface area (Å²) in [5.74, 6) is -0.0786. The summed E-state index contributed by atoms with van der Waals surface area (Å²) in [5, 5.41) is 9.81. The van der Waals surface area contributed by atoms with E-state index in [9.17, 15) is 4.79 Å². The molecule has 0 radical (unpaired) electrons. The van der Waals surface area contributed by atoms with E-state index in [1.807, 2.05) is 20.0 Å². The normalized spacial score (nSPS) is 10.4. The quantitative estimate of drug-likeness (QED) is 0.561. The monoisotopic (exact) mass is 222 g/mol. The van der Waals surface area contributed by atoms with Crippen LogP contribution in [0.15, 0.2) is 25.0 Å². The maximum atomic E-state index is 11.4. The minimum Gasteiger partial charge on any atom is -0.322 e. The van der Waals surface area contributed by atoms with Gasteiger partial charge in [0.15, 0.2) is 0 Å². The lowest BCUT2D eigenvalue weighted by Gasteiger charge is -2.04. The van der Waals surface area contributed by atoms with Crippen molar-refractivity contribution in [3.63, 3.8) is 0 Å². The van der Waals surface area contributed by atoms with Crippen LogP contribution in [0.3, 0.4) is 0 Å². The zero-order valence-corrected chi connectivity index (χ0v) is 9.73. The van der Waals surface area contributed by atoms with Crippen LogP contribution in [0.25, 0.3) is 0 Å². The molecule has 1 heterocycles. The Morgan fingerprint density at radius 1 is 1.69 bits per heavy atom. The van der Waals surface area contributed by atoms with Crippen molar-refractivity contribution < 1.29 is 4.79 Å². The minimum atomic E-state index is -0.0786. The lowest BCUT2D eigenvalue weighted by Crippen LogP contribution is -2.27. The van der Waals surface area contributed by atoms with Gasteiger partial charge >= 0.3 is 0 Å². The molecule has 2 N–H and O–H groups in total. The van der Waals surface area contributed by atoms with Crippen LogP contribution in [-0.2, 0) is 4.79 Å². The third kappa shape index (κ3) is 3.86. The molecule has 0 saturated carbocycles. The standard InChI is InChI=1S/C11H18N4O/c1-4-5-12-7-11(16)14-10-6-13-15(8-10)9(2)3/h4,6,8-9,12H,1,5,7H2,2-3H3,(H,14,16). The number of hydrogen-bond acceptors (Lipinski definition) is 3. The van der Waals surface area contributed by atoms with Crippen LogP contribution >= 0.6 is 0 Å². The highest BCUT2D eigenvalue weighted by Gasteiger charge is 2.04. The second kappa shape index (κ2) is 6.07. The molecule has 0 aliphatic carbocycles. The van der Waals surface area contributed by atoms with Crippen molar-refractivity contribution in [2.45, 2.75) is 19.9 Å². The molecular formula is C11H18N4O. The second-order valence-corrected chi connectivity index (χ2v) is 3.77. The van der Waals surface area contributed by atoms with Crippen LogP contribution in [-0.4, -0.2) is 28.8 Å². The third-order valence-corrected chi connectivity index (χ3v) is 1.99. The Hall–Kier alpha value is -1.62. The van der Waals surface area contributed by atoms with E-state index in [1.165, 1.54) is 0 Å². The summed E-state index contributed by atoms with van der Waals surface area (Å²) in [7, 11) is 0. The highest BCUT2D eigenvalue weighted by molar-refractivity contribution is 5.91. The van der Waals surface area contributed by atoms with E-state index in [2.05, 4.69) is 22.3 Å². The van der Waals surface area contributed by atoms with Crippen LogP contribution in [0.2, 0.25) is 0 Å². The summed E-state index contributed by atoms with van der Waals surface area (Å²) >= 11 is 0. The highest BCUT2D eigenvalue weighted by atomic mass is 16.1. The Kier molecular flexibility index (Phi) is 4.72. The molecule has 0 fully saturated rings. The number of aromatic nitrogens is 2. The predicted molar refractivity (Wildman–Crippen MR) is 64.3 cm³/mol. The molecule has 0 aliphatic rings. The van der Waals surface area contributed by atoms with E-state index in [0.29, 0.717) is 12.6 Å². The third-order valence-electron chi connectivity index (χ3n) is 1.99. The van der Waals surface area contributed by atoms with Gasteiger partial charge in [-0.05, 0) is 13.8 Å². The number of nitrogens with zero attached hydrogens (tertiary/aromatic N) is 2. The molecular weight excluding hydrogens is 204 g/mol. The van der Waals surface area contributed by atoms with E-state index in [1.54, 1.807) is 17.0 Å². The minimum absolute atomic E-state index is 0.0786. The summed E-state index contributed by atoms with van der Waals surface area (Å²) in [6.07, 6.45) is 5.17.